The van der Waals surface area contributed by atoms with E-state index in [9.17, 15) is 0 Å². The van der Waals surface area contributed by atoms with Crippen LogP contribution >= 0.6 is 0 Å². The minimum absolute atomic E-state index is 0. The first-order valence-electron chi connectivity index (χ1n) is 0. The summed E-state index contributed by atoms with van der Waals surface area (Å²) in [7, 11) is 0. The summed E-state index contributed by atoms with van der Waals surface area (Å²) in [4.78, 5) is 0. The molecule has 0 heterocycles. The molecule has 0 aromatic heterocycles. The van der Waals surface area contributed by atoms with Gasteiger partial charge in [0.1, 0.15) is 0 Å². The molecule has 1 radical (unpaired) electrons. The molecule has 0 spiro atoms. The van der Waals surface area contributed by atoms with Crippen molar-refractivity contribution in [3.05, 3.63) is 0 Å². The minimum atomic E-state index is 0. The van der Waals surface area contributed by atoms with Crippen LogP contribution in [0.25, 0.3) is 0 Å². The van der Waals surface area contributed by atoms with Gasteiger partial charge in [-0.2, -0.15) is 0 Å². The van der Waals surface area contributed by atoms with E-state index in [1.54, 1.807) is 0 Å². The van der Waals surface area contributed by atoms with Crippen LogP contribution in [0.1, 0.15) is 5.71 Å². The van der Waals surface area contributed by atoms with E-state index in [0.29, 0.717) is 0 Å². The smallest absolute Gasteiger partial charge is 1.00 e. The molecular formula is H4CaMgNiY. The van der Waals surface area contributed by atoms with Crippen molar-refractivity contribution in [2.75, 3.05) is 0 Å². The van der Waals surface area contributed by atoms with Crippen LogP contribution in [0.3, 0.4) is 0 Å². The first kappa shape index (κ1) is 25.5. The summed E-state index contributed by atoms with van der Waals surface area (Å²) in [5, 5.41) is 0. The predicted molar refractivity (Wildman–Crippen MR) is 16.0 cm³/mol. The Hall–Kier alpha value is 3.62. The van der Waals surface area contributed by atoms with E-state index in [1.807, 2.05) is 0 Å². The molecular weight excluding hydrogens is 212 g/mol. The van der Waals surface area contributed by atoms with Crippen molar-refractivity contribution in [2.45, 2.75) is 0 Å². The molecule has 0 amide bonds. The molecule has 0 rings (SSSR count). The Bertz CT molecular complexity index is 16.0. The first-order chi connectivity index (χ1) is 0. The van der Waals surface area contributed by atoms with E-state index in [-0.39, 0.29) is 116 Å². The molecule has 0 fully saturated rings. The number of hydrogen-bond donors (Lipinski definition) is 0. The second-order valence-corrected chi connectivity index (χ2v) is 0. The van der Waals surface area contributed by atoms with Crippen molar-refractivity contribution < 1.29 is 54.9 Å². The molecule has 0 aromatic rings. The number of hydrogen-bond acceptors (Lipinski definition) is 0. The van der Waals surface area contributed by atoms with Crippen LogP contribution in [0.15, 0.2) is 0 Å². The second-order valence-electron chi connectivity index (χ2n) is 0. The van der Waals surface area contributed by atoms with Crippen LogP contribution < -0.4 is 0 Å². The SMILES string of the molecule is [Ca+2].[H-].[H-].[H-].[H-].[Mg+2].[Ni].[Y]. The average Bonchev–Trinajstić information content (AvgIpc) is 0. The fourth-order valence-electron chi connectivity index (χ4n) is 0. The van der Waals surface area contributed by atoms with Crippen LogP contribution in [0.2, 0.25) is 0 Å². The average molecular weight is 216 g/mol. The Balaban J connectivity index is 0. The molecule has 0 nitrogen and oxygen atoms in total. The summed E-state index contributed by atoms with van der Waals surface area (Å²) in [5.41, 5.74) is 0. The molecule has 0 aromatic carbocycles. The van der Waals surface area contributed by atoms with Gasteiger partial charge in [-0.3, -0.25) is 0 Å². The van der Waals surface area contributed by atoms with Gasteiger partial charge in [0.25, 0.3) is 0 Å². The third-order valence-electron chi connectivity index (χ3n) is 0. The van der Waals surface area contributed by atoms with Crippen LogP contribution in [-0.4, -0.2) is 60.8 Å². The largest absolute Gasteiger partial charge is 2.00 e. The summed E-state index contributed by atoms with van der Waals surface area (Å²) >= 11 is 0. The summed E-state index contributed by atoms with van der Waals surface area (Å²) in [5.74, 6) is 0. The maximum absolute atomic E-state index is 0. The summed E-state index contributed by atoms with van der Waals surface area (Å²) in [6.07, 6.45) is 0. The van der Waals surface area contributed by atoms with Gasteiger partial charge in [0.05, 0.1) is 0 Å². The molecule has 0 aliphatic heterocycles. The maximum Gasteiger partial charge on any atom is 2.00 e. The van der Waals surface area contributed by atoms with Crippen molar-refractivity contribution in [1.82, 2.24) is 0 Å². The van der Waals surface area contributed by atoms with E-state index < -0.39 is 0 Å². The molecule has 0 N–H and O–H groups in total. The molecule has 0 saturated carbocycles. The molecule has 21 valence electrons. The van der Waals surface area contributed by atoms with Crippen molar-refractivity contribution >= 4 is 60.8 Å². The van der Waals surface area contributed by atoms with Gasteiger partial charge in [-0.05, 0) is 0 Å². The van der Waals surface area contributed by atoms with Crippen LogP contribution in [-0.2, 0) is 49.2 Å². The standard InChI is InChI=1S/Ca.Mg.Ni.Y.4H/q2*+2;;;4*-1. The van der Waals surface area contributed by atoms with Crippen LogP contribution in [0.5, 0.6) is 0 Å². The Morgan fingerprint density at radius 1 is 1.25 bits per heavy atom. The Morgan fingerprint density at radius 3 is 1.25 bits per heavy atom. The monoisotopic (exact) mass is 215 g/mol. The third-order valence-corrected chi connectivity index (χ3v) is 0. The summed E-state index contributed by atoms with van der Waals surface area (Å²) in [6, 6.07) is 0. The van der Waals surface area contributed by atoms with Crippen LogP contribution in [0.4, 0.5) is 0 Å². The van der Waals surface area contributed by atoms with Crippen molar-refractivity contribution in [2.24, 2.45) is 0 Å². The third kappa shape index (κ3) is 9.16. The second kappa shape index (κ2) is 16.0. The predicted octanol–water partition coefficient (Wildman–Crippen LogP) is -0.317. The van der Waals surface area contributed by atoms with Crippen molar-refractivity contribution in [3.8, 4) is 0 Å². The zero-order valence-corrected chi connectivity index (χ0v) is 9.76. The molecule has 0 aliphatic rings. The summed E-state index contributed by atoms with van der Waals surface area (Å²) < 4.78 is 0. The maximum atomic E-state index is 0. The van der Waals surface area contributed by atoms with Crippen LogP contribution in [0, 0.1) is 0 Å². The molecule has 4 heteroatoms. The van der Waals surface area contributed by atoms with Crippen molar-refractivity contribution in [3.63, 3.8) is 0 Å². The minimum Gasteiger partial charge on any atom is -1.00 e. The van der Waals surface area contributed by atoms with Gasteiger partial charge < -0.3 is 5.71 Å². The van der Waals surface area contributed by atoms with Gasteiger partial charge in [-0.25, -0.2) is 0 Å². The normalized spacial score (nSPS) is 0. The molecule has 0 bridgehead atoms. The van der Waals surface area contributed by atoms with E-state index in [0.717, 1.165) is 0 Å². The summed E-state index contributed by atoms with van der Waals surface area (Å²) in [6.45, 7) is 0. The molecule has 4 heavy (non-hydrogen) atoms. The quantitative estimate of drug-likeness (QED) is 0.487. The topological polar surface area (TPSA) is 0 Å². The molecule has 0 aliphatic carbocycles. The van der Waals surface area contributed by atoms with E-state index >= 15 is 0 Å². The van der Waals surface area contributed by atoms with Crippen molar-refractivity contribution in [1.29, 1.82) is 0 Å². The fraction of sp³-hybridized carbons (Fsp3) is 0. The Labute approximate surface area is 113 Å². The first-order valence-corrected chi connectivity index (χ1v) is 0. The Morgan fingerprint density at radius 2 is 1.25 bits per heavy atom. The Kier molecular flexibility index (Phi) is 102. The van der Waals surface area contributed by atoms with E-state index in [4.69, 9.17) is 0 Å². The molecule has 0 saturated heterocycles. The van der Waals surface area contributed by atoms with Gasteiger partial charge in [-0.15, -0.1) is 0 Å². The van der Waals surface area contributed by atoms with Gasteiger partial charge >= 0.3 is 60.8 Å². The molecule has 0 unspecified atom stereocenters. The van der Waals surface area contributed by atoms with E-state index in [1.165, 1.54) is 0 Å². The van der Waals surface area contributed by atoms with Gasteiger partial charge in [0.15, 0.2) is 0 Å². The van der Waals surface area contributed by atoms with E-state index in [2.05, 4.69) is 0 Å². The van der Waals surface area contributed by atoms with Gasteiger partial charge in [0.2, 0.25) is 0 Å². The van der Waals surface area contributed by atoms with Gasteiger partial charge in [-0.1, -0.05) is 0 Å². The number of rotatable bonds is 0. The molecule has 0 atom stereocenters. The zero-order chi connectivity index (χ0) is 0. The fourth-order valence-corrected chi connectivity index (χ4v) is 0. The van der Waals surface area contributed by atoms with Gasteiger partial charge in [0, 0.05) is 49.2 Å². The zero-order valence-electron chi connectivity index (χ0n) is 6.31.